The first-order valence-electron chi connectivity index (χ1n) is 6.03. The Morgan fingerprint density at radius 1 is 1.47 bits per heavy atom. The number of hydrogen-bond acceptors (Lipinski definition) is 2. The van der Waals surface area contributed by atoms with E-state index in [4.69, 9.17) is 11.6 Å². The Kier molecular flexibility index (Phi) is 3.43. The molecule has 94 valence electrons. The van der Waals surface area contributed by atoms with Crippen molar-refractivity contribution >= 4 is 17.6 Å². The lowest BCUT2D eigenvalue weighted by molar-refractivity contribution is 0.0695. The average Bonchev–Trinajstić information content (AvgIpc) is 2.82. The number of rotatable bonds is 3. The molecule has 0 saturated heterocycles. The van der Waals surface area contributed by atoms with Gasteiger partial charge in [0.15, 0.2) is 0 Å². The summed E-state index contributed by atoms with van der Waals surface area (Å²) < 4.78 is 1.61. The van der Waals surface area contributed by atoms with Gasteiger partial charge < -0.3 is 5.11 Å². The molecular weight excluding hydrogens is 240 g/mol. The third kappa shape index (κ3) is 2.18. The quantitative estimate of drug-likeness (QED) is 0.901. The first-order chi connectivity index (χ1) is 8.02. The minimum absolute atomic E-state index is 0.0794. The molecule has 2 rings (SSSR count). The summed E-state index contributed by atoms with van der Waals surface area (Å²) in [6.07, 6.45) is 4.34. The number of hydrogen-bond donors (Lipinski definition) is 1. The van der Waals surface area contributed by atoms with E-state index in [-0.39, 0.29) is 22.7 Å². The summed E-state index contributed by atoms with van der Waals surface area (Å²) in [5.41, 5.74) is 0.876. The van der Waals surface area contributed by atoms with Gasteiger partial charge in [0.1, 0.15) is 10.7 Å². The van der Waals surface area contributed by atoms with E-state index < -0.39 is 5.97 Å². The van der Waals surface area contributed by atoms with Gasteiger partial charge in [0.2, 0.25) is 0 Å². The van der Waals surface area contributed by atoms with E-state index in [2.05, 4.69) is 5.10 Å². The van der Waals surface area contributed by atoms with Crippen LogP contribution in [-0.2, 0) is 0 Å². The molecule has 1 saturated carbocycles. The fourth-order valence-electron chi connectivity index (χ4n) is 2.46. The van der Waals surface area contributed by atoms with E-state index >= 15 is 0 Å². The molecule has 0 unspecified atom stereocenters. The van der Waals surface area contributed by atoms with Crippen LogP contribution in [-0.4, -0.2) is 20.9 Å². The molecule has 0 amide bonds. The van der Waals surface area contributed by atoms with Crippen LogP contribution in [0.2, 0.25) is 5.15 Å². The van der Waals surface area contributed by atoms with Crippen LogP contribution in [0.25, 0.3) is 0 Å². The summed E-state index contributed by atoms with van der Waals surface area (Å²) in [6.45, 7) is 3.89. The lowest BCUT2D eigenvalue weighted by atomic mass is 10.0. The summed E-state index contributed by atoms with van der Waals surface area (Å²) in [7, 11) is 0. The van der Waals surface area contributed by atoms with Crippen LogP contribution >= 0.6 is 11.6 Å². The Morgan fingerprint density at radius 3 is 2.53 bits per heavy atom. The molecule has 1 N–H and O–H groups in total. The number of carbonyl (C=O) groups is 1. The molecule has 1 fully saturated rings. The van der Waals surface area contributed by atoms with E-state index in [9.17, 15) is 9.90 Å². The topological polar surface area (TPSA) is 55.1 Å². The largest absolute Gasteiger partial charge is 0.478 e. The Morgan fingerprint density at radius 2 is 2.06 bits per heavy atom. The lowest BCUT2D eigenvalue weighted by Gasteiger charge is -2.07. The number of aromatic nitrogens is 2. The smallest absolute Gasteiger partial charge is 0.340 e. The maximum atomic E-state index is 11.3. The summed E-state index contributed by atoms with van der Waals surface area (Å²) >= 11 is 6.12. The van der Waals surface area contributed by atoms with E-state index in [0.29, 0.717) is 5.69 Å². The third-order valence-electron chi connectivity index (χ3n) is 3.32. The molecule has 0 spiro atoms. The summed E-state index contributed by atoms with van der Waals surface area (Å²) in [6, 6.07) is 0.0794. The molecule has 0 radical (unpaired) electrons. The van der Waals surface area contributed by atoms with Gasteiger partial charge in [-0.3, -0.25) is 4.68 Å². The summed E-state index contributed by atoms with van der Waals surface area (Å²) in [4.78, 5) is 11.3. The second-order valence-corrected chi connectivity index (χ2v) is 5.23. The van der Waals surface area contributed by atoms with Crippen LogP contribution in [0, 0.1) is 0 Å². The normalized spacial score (nSPS) is 16.9. The van der Waals surface area contributed by atoms with Crippen LogP contribution in [0.15, 0.2) is 0 Å². The van der Waals surface area contributed by atoms with Crippen LogP contribution in [0.3, 0.4) is 0 Å². The molecule has 4 nitrogen and oxygen atoms in total. The zero-order valence-electron chi connectivity index (χ0n) is 10.1. The average molecular weight is 257 g/mol. The molecule has 0 atom stereocenters. The van der Waals surface area contributed by atoms with E-state index in [1.54, 1.807) is 4.68 Å². The Labute approximate surface area is 106 Å². The van der Waals surface area contributed by atoms with E-state index in [1.165, 1.54) is 0 Å². The van der Waals surface area contributed by atoms with E-state index in [1.807, 2.05) is 13.8 Å². The second-order valence-electron chi connectivity index (χ2n) is 4.88. The number of carboxylic acids is 1. The van der Waals surface area contributed by atoms with Crippen molar-refractivity contribution in [3.63, 3.8) is 0 Å². The van der Waals surface area contributed by atoms with Crippen LogP contribution in [0.4, 0.5) is 0 Å². The highest BCUT2D eigenvalue weighted by molar-refractivity contribution is 6.32. The Bertz CT molecular complexity index is 434. The molecule has 1 aromatic heterocycles. The van der Waals surface area contributed by atoms with Crippen molar-refractivity contribution in [2.24, 2.45) is 0 Å². The third-order valence-corrected chi connectivity index (χ3v) is 3.69. The van der Waals surface area contributed by atoms with Gasteiger partial charge in [0.05, 0.1) is 5.69 Å². The van der Waals surface area contributed by atoms with Gasteiger partial charge in [-0.25, -0.2) is 4.79 Å². The molecule has 0 aromatic carbocycles. The van der Waals surface area contributed by atoms with Crippen LogP contribution in [0.1, 0.15) is 67.5 Å². The van der Waals surface area contributed by atoms with Crippen molar-refractivity contribution in [2.75, 3.05) is 0 Å². The maximum absolute atomic E-state index is 11.3. The van der Waals surface area contributed by atoms with Gasteiger partial charge in [-0.05, 0) is 26.7 Å². The highest BCUT2D eigenvalue weighted by Crippen LogP contribution is 2.37. The Balaban J connectivity index is 2.49. The number of carboxylic acid groups (broad SMARTS) is 1. The highest BCUT2D eigenvalue weighted by atomic mass is 35.5. The van der Waals surface area contributed by atoms with Gasteiger partial charge in [-0.15, -0.1) is 0 Å². The van der Waals surface area contributed by atoms with Crippen molar-refractivity contribution in [1.29, 1.82) is 0 Å². The second kappa shape index (κ2) is 4.69. The minimum atomic E-state index is -0.969. The summed E-state index contributed by atoms with van der Waals surface area (Å²) in [5.74, 6) is -0.706. The highest BCUT2D eigenvalue weighted by Gasteiger charge is 2.30. The predicted octanol–water partition coefficient (Wildman–Crippen LogP) is 3.47. The molecule has 0 aliphatic heterocycles. The number of halogens is 1. The molecule has 17 heavy (non-hydrogen) atoms. The van der Waals surface area contributed by atoms with Crippen molar-refractivity contribution < 1.29 is 9.90 Å². The minimum Gasteiger partial charge on any atom is -0.478 e. The fourth-order valence-corrected chi connectivity index (χ4v) is 2.87. The monoisotopic (exact) mass is 256 g/mol. The van der Waals surface area contributed by atoms with Crippen LogP contribution in [0.5, 0.6) is 0 Å². The predicted molar refractivity (Wildman–Crippen MR) is 65.8 cm³/mol. The van der Waals surface area contributed by atoms with Crippen molar-refractivity contribution in [3.05, 3.63) is 16.4 Å². The zero-order valence-corrected chi connectivity index (χ0v) is 10.9. The zero-order chi connectivity index (χ0) is 12.6. The molecule has 1 aliphatic carbocycles. The van der Waals surface area contributed by atoms with Gasteiger partial charge >= 0.3 is 5.97 Å². The molecule has 1 aliphatic rings. The number of aromatic carboxylic acids is 1. The maximum Gasteiger partial charge on any atom is 0.340 e. The van der Waals surface area contributed by atoms with Crippen LogP contribution < -0.4 is 0 Å². The first-order valence-corrected chi connectivity index (χ1v) is 6.41. The lowest BCUT2D eigenvalue weighted by Crippen LogP contribution is -2.04. The van der Waals surface area contributed by atoms with Gasteiger partial charge in [0.25, 0.3) is 0 Å². The van der Waals surface area contributed by atoms with E-state index in [0.717, 1.165) is 25.7 Å². The summed E-state index contributed by atoms with van der Waals surface area (Å²) in [5, 5.41) is 13.9. The molecule has 1 aromatic rings. The Hall–Kier alpha value is -1.03. The molecular formula is C12H17ClN2O2. The van der Waals surface area contributed by atoms with Gasteiger partial charge in [-0.1, -0.05) is 24.4 Å². The van der Waals surface area contributed by atoms with Gasteiger partial charge in [-0.2, -0.15) is 5.10 Å². The van der Waals surface area contributed by atoms with Gasteiger partial charge in [0, 0.05) is 12.0 Å². The fraction of sp³-hybridized carbons (Fsp3) is 0.667. The standard InChI is InChI=1S/C12H17ClN2O2/c1-7(2)15-11(13)9(12(16)17)10(14-15)8-5-3-4-6-8/h7-8H,3-6H2,1-2H3,(H,16,17). The molecule has 1 heterocycles. The van der Waals surface area contributed by atoms with Crippen molar-refractivity contribution in [3.8, 4) is 0 Å². The molecule has 5 heteroatoms. The SMILES string of the molecule is CC(C)n1nc(C2CCCC2)c(C(=O)O)c1Cl. The molecule has 0 bridgehead atoms. The van der Waals surface area contributed by atoms with Crippen molar-refractivity contribution in [2.45, 2.75) is 51.5 Å². The first kappa shape index (κ1) is 12.4. The number of nitrogens with zero attached hydrogens (tertiary/aromatic N) is 2. The van der Waals surface area contributed by atoms with Crippen molar-refractivity contribution in [1.82, 2.24) is 9.78 Å².